The van der Waals surface area contributed by atoms with Gasteiger partial charge in [0.05, 0.1) is 18.9 Å². The van der Waals surface area contributed by atoms with E-state index in [0.717, 1.165) is 35.4 Å². The Balaban J connectivity index is 1.58. The number of hydrogen-bond acceptors (Lipinski definition) is 6. The van der Waals surface area contributed by atoms with E-state index in [2.05, 4.69) is 11.4 Å². The first-order valence-electron chi connectivity index (χ1n) is 10.5. The summed E-state index contributed by atoms with van der Waals surface area (Å²) < 4.78 is 10.1. The Morgan fingerprint density at radius 3 is 2.53 bits per heavy atom. The molecular weight excluding hydrogens is 410 g/mol. The number of hydrazone groups is 1. The number of amides is 2. The van der Waals surface area contributed by atoms with E-state index in [9.17, 15) is 14.4 Å². The number of esters is 1. The molecule has 2 aromatic carbocycles. The molecule has 32 heavy (non-hydrogen) atoms. The van der Waals surface area contributed by atoms with E-state index in [0.29, 0.717) is 5.69 Å². The van der Waals surface area contributed by atoms with Crippen LogP contribution in [0.4, 0.5) is 5.69 Å². The van der Waals surface area contributed by atoms with Crippen molar-refractivity contribution in [3.8, 4) is 5.75 Å². The number of anilines is 1. The molecule has 0 bridgehead atoms. The van der Waals surface area contributed by atoms with E-state index in [1.165, 1.54) is 19.4 Å². The summed E-state index contributed by atoms with van der Waals surface area (Å²) in [5.74, 6) is -0.215. The molecule has 4 rings (SSSR count). The molecule has 1 aliphatic heterocycles. The molecule has 0 aromatic heterocycles. The zero-order chi connectivity index (χ0) is 22.8. The molecule has 0 fully saturated rings. The van der Waals surface area contributed by atoms with Crippen LogP contribution in [0.25, 0.3) is 0 Å². The number of carbonyl (C=O) groups excluding carboxylic acids is 3. The SMILES string of the molecule is COc1ccc2c(c1)C1=NN(C(C)=O)[C@@H](c3ccc(NC(=O)COC(C)=O)cc3)[C@@H]1CC2. The van der Waals surface area contributed by atoms with E-state index in [1.807, 2.05) is 24.3 Å². The van der Waals surface area contributed by atoms with Gasteiger partial charge in [-0.2, -0.15) is 5.10 Å². The number of ether oxygens (including phenoxy) is 2. The van der Waals surface area contributed by atoms with Gasteiger partial charge in [0.1, 0.15) is 5.75 Å². The summed E-state index contributed by atoms with van der Waals surface area (Å²) >= 11 is 0. The highest BCUT2D eigenvalue weighted by molar-refractivity contribution is 6.07. The Morgan fingerprint density at radius 2 is 1.88 bits per heavy atom. The van der Waals surface area contributed by atoms with Crippen molar-refractivity contribution in [2.75, 3.05) is 19.0 Å². The normalized spacial score (nSPS) is 18.8. The van der Waals surface area contributed by atoms with Crippen LogP contribution in [-0.2, 0) is 25.5 Å². The number of aryl methyl sites for hydroxylation is 1. The summed E-state index contributed by atoms with van der Waals surface area (Å²) in [6, 6.07) is 13.1. The standard InChI is InChI=1S/C24H25N3O5/c1-14(28)27-24(17-4-8-18(9-5-17)25-22(30)13-32-15(2)29)20-11-7-16-6-10-19(31-3)12-21(16)23(20)26-27/h4-6,8-10,12,20,24H,7,11,13H2,1-3H3,(H,25,30)/t20-,24+/m1/s1. The third kappa shape index (κ3) is 4.21. The maximum atomic E-state index is 12.4. The van der Waals surface area contributed by atoms with Crippen molar-refractivity contribution in [1.82, 2.24) is 5.01 Å². The minimum Gasteiger partial charge on any atom is -0.497 e. The lowest BCUT2D eigenvalue weighted by atomic mass is 9.77. The zero-order valence-corrected chi connectivity index (χ0v) is 18.3. The summed E-state index contributed by atoms with van der Waals surface area (Å²) in [6.45, 7) is 2.44. The van der Waals surface area contributed by atoms with Gasteiger partial charge < -0.3 is 14.8 Å². The largest absolute Gasteiger partial charge is 0.497 e. The van der Waals surface area contributed by atoms with Crippen LogP contribution < -0.4 is 10.1 Å². The smallest absolute Gasteiger partial charge is 0.303 e. The van der Waals surface area contributed by atoms with Crippen LogP contribution >= 0.6 is 0 Å². The Hall–Kier alpha value is -3.68. The second-order valence-electron chi connectivity index (χ2n) is 7.91. The number of hydrogen-bond donors (Lipinski definition) is 1. The summed E-state index contributed by atoms with van der Waals surface area (Å²) in [4.78, 5) is 35.2. The van der Waals surface area contributed by atoms with Gasteiger partial charge in [-0.05, 0) is 48.2 Å². The maximum Gasteiger partial charge on any atom is 0.303 e. The molecule has 0 saturated heterocycles. The van der Waals surface area contributed by atoms with Crippen molar-refractivity contribution < 1.29 is 23.9 Å². The van der Waals surface area contributed by atoms with Crippen molar-refractivity contribution in [3.05, 3.63) is 59.2 Å². The zero-order valence-electron chi connectivity index (χ0n) is 18.3. The van der Waals surface area contributed by atoms with Crippen LogP contribution in [0.15, 0.2) is 47.6 Å². The van der Waals surface area contributed by atoms with Gasteiger partial charge in [0.15, 0.2) is 6.61 Å². The number of fused-ring (bicyclic) bond motifs is 3. The van der Waals surface area contributed by atoms with Gasteiger partial charge in [-0.3, -0.25) is 14.4 Å². The Bertz CT molecular complexity index is 1090. The molecule has 0 unspecified atom stereocenters. The second kappa shape index (κ2) is 8.82. The van der Waals surface area contributed by atoms with Crippen LogP contribution in [-0.4, -0.2) is 42.2 Å². The fraction of sp³-hybridized carbons (Fsp3) is 0.333. The second-order valence-corrected chi connectivity index (χ2v) is 7.91. The van der Waals surface area contributed by atoms with E-state index >= 15 is 0 Å². The van der Waals surface area contributed by atoms with Crippen molar-refractivity contribution in [3.63, 3.8) is 0 Å². The highest BCUT2D eigenvalue weighted by Gasteiger charge is 2.43. The predicted molar refractivity (Wildman–Crippen MR) is 118 cm³/mol. The van der Waals surface area contributed by atoms with Crippen LogP contribution in [0.1, 0.15) is 43.0 Å². The van der Waals surface area contributed by atoms with Crippen LogP contribution in [0.5, 0.6) is 5.75 Å². The minimum absolute atomic E-state index is 0.0721. The molecule has 1 N–H and O–H groups in total. The van der Waals surface area contributed by atoms with Crippen LogP contribution in [0, 0.1) is 5.92 Å². The van der Waals surface area contributed by atoms with Gasteiger partial charge in [0.2, 0.25) is 5.91 Å². The van der Waals surface area contributed by atoms with E-state index in [-0.39, 0.29) is 24.5 Å². The first-order valence-corrected chi connectivity index (χ1v) is 10.5. The molecule has 1 aliphatic carbocycles. The number of nitrogens with one attached hydrogen (secondary N) is 1. The average molecular weight is 435 g/mol. The van der Waals surface area contributed by atoms with Crippen molar-refractivity contribution in [2.24, 2.45) is 11.0 Å². The van der Waals surface area contributed by atoms with Crippen molar-refractivity contribution in [1.29, 1.82) is 0 Å². The van der Waals surface area contributed by atoms with Crippen molar-refractivity contribution in [2.45, 2.75) is 32.7 Å². The molecule has 1 heterocycles. The number of benzene rings is 2. The minimum atomic E-state index is -0.511. The summed E-state index contributed by atoms with van der Waals surface area (Å²) in [5, 5.41) is 8.97. The topological polar surface area (TPSA) is 97.3 Å². The number of nitrogens with zero attached hydrogens (tertiary/aromatic N) is 2. The average Bonchev–Trinajstić information content (AvgIpc) is 3.18. The third-order valence-corrected chi connectivity index (χ3v) is 5.79. The molecule has 2 atom stereocenters. The summed E-state index contributed by atoms with van der Waals surface area (Å²) in [5.41, 5.74) is 4.66. The highest BCUT2D eigenvalue weighted by Crippen LogP contribution is 2.44. The van der Waals surface area contributed by atoms with E-state index in [4.69, 9.17) is 14.6 Å². The molecule has 2 amide bonds. The Labute approximate surface area is 186 Å². The Morgan fingerprint density at radius 1 is 1.12 bits per heavy atom. The van der Waals surface area contributed by atoms with Gasteiger partial charge >= 0.3 is 5.97 Å². The van der Waals surface area contributed by atoms with Gasteiger partial charge in [-0.15, -0.1) is 0 Å². The molecule has 0 spiro atoms. The first-order chi connectivity index (χ1) is 15.4. The lowest BCUT2D eigenvalue weighted by Crippen LogP contribution is -2.31. The Kier molecular flexibility index (Phi) is 5.94. The predicted octanol–water partition coefficient (Wildman–Crippen LogP) is 3.07. The van der Waals surface area contributed by atoms with Gasteiger partial charge in [0.25, 0.3) is 5.91 Å². The van der Waals surface area contributed by atoms with E-state index < -0.39 is 11.9 Å². The number of rotatable bonds is 5. The lowest BCUT2D eigenvalue weighted by Gasteiger charge is -2.29. The lowest BCUT2D eigenvalue weighted by molar-refractivity contribution is -0.144. The van der Waals surface area contributed by atoms with Crippen LogP contribution in [0.2, 0.25) is 0 Å². The molecule has 166 valence electrons. The molecule has 0 radical (unpaired) electrons. The maximum absolute atomic E-state index is 12.4. The van der Waals surface area contributed by atoms with Gasteiger partial charge in [-0.1, -0.05) is 18.2 Å². The fourth-order valence-corrected chi connectivity index (χ4v) is 4.34. The fourth-order valence-electron chi connectivity index (χ4n) is 4.34. The van der Waals surface area contributed by atoms with Gasteiger partial charge in [-0.25, -0.2) is 5.01 Å². The number of carbonyl (C=O) groups is 3. The third-order valence-electron chi connectivity index (χ3n) is 5.79. The highest BCUT2D eigenvalue weighted by atomic mass is 16.5. The van der Waals surface area contributed by atoms with E-state index in [1.54, 1.807) is 24.3 Å². The molecule has 8 nitrogen and oxygen atoms in total. The van der Waals surface area contributed by atoms with Gasteiger partial charge in [0, 0.05) is 31.0 Å². The monoisotopic (exact) mass is 435 g/mol. The molecule has 8 heteroatoms. The quantitative estimate of drug-likeness (QED) is 0.728. The number of methoxy groups -OCH3 is 1. The molecular formula is C24H25N3O5. The molecule has 2 aliphatic rings. The molecule has 2 aromatic rings. The van der Waals surface area contributed by atoms with Crippen LogP contribution in [0.3, 0.4) is 0 Å². The van der Waals surface area contributed by atoms with Crippen molar-refractivity contribution >= 4 is 29.2 Å². The first kappa shape index (κ1) is 21.5. The summed E-state index contributed by atoms with van der Waals surface area (Å²) in [7, 11) is 1.63. The molecule has 0 saturated carbocycles. The summed E-state index contributed by atoms with van der Waals surface area (Å²) in [6.07, 6.45) is 1.78.